The van der Waals surface area contributed by atoms with Gasteiger partial charge in [0, 0.05) is 27.0 Å². The summed E-state index contributed by atoms with van der Waals surface area (Å²) in [6, 6.07) is 0. The second-order valence-corrected chi connectivity index (χ2v) is 1.97. The summed E-state index contributed by atoms with van der Waals surface area (Å²) in [5, 5.41) is 0. The minimum absolute atomic E-state index is 0. The van der Waals surface area contributed by atoms with E-state index in [1.807, 2.05) is 19.1 Å². The maximum absolute atomic E-state index is 9.99. The van der Waals surface area contributed by atoms with E-state index in [1.54, 1.807) is 18.1 Å². The van der Waals surface area contributed by atoms with Gasteiger partial charge in [-0.25, -0.2) is 4.79 Å². The molecule has 0 saturated carbocycles. The van der Waals surface area contributed by atoms with Crippen LogP contribution in [0.4, 0.5) is 0 Å². The summed E-state index contributed by atoms with van der Waals surface area (Å²) in [4.78, 5) is 9.99. The van der Waals surface area contributed by atoms with E-state index in [1.165, 1.54) is 0 Å². The quantitative estimate of drug-likeness (QED) is 0.330. The van der Waals surface area contributed by atoms with Crippen LogP contribution in [0.5, 0.6) is 0 Å². The molecule has 0 bridgehead atoms. The molecular weight excluding hydrogens is 434 g/mol. The van der Waals surface area contributed by atoms with Crippen LogP contribution in [0.15, 0.2) is 29.9 Å². The topological polar surface area (TPSA) is 17.1 Å². The van der Waals surface area contributed by atoms with Gasteiger partial charge in [-0.2, -0.15) is 0 Å². The fourth-order valence-corrected chi connectivity index (χ4v) is 0.622. The Labute approximate surface area is 97.9 Å². The van der Waals surface area contributed by atoms with Gasteiger partial charge in [-0.1, -0.05) is 19.1 Å². The van der Waals surface area contributed by atoms with Crippen LogP contribution in [0.1, 0.15) is 6.92 Å². The third kappa shape index (κ3) is 4.73. The van der Waals surface area contributed by atoms with E-state index in [9.17, 15) is 4.79 Å². The first-order chi connectivity index (χ1) is 4.33. The van der Waals surface area contributed by atoms with Crippen molar-refractivity contribution in [3.8, 4) is 0 Å². The van der Waals surface area contributed by atoms with Crippen molar-refractivity contribution >= 4 is 5.94 Å². The first-order valence-corrected chi connectivity index (χ1v) is 2.78. The van der Waals surface area contributed by atoms with E-state index >= 15 is 0 Å². The number of allylic oxidation sites excluding steroid dienone is 5. The Bertz CT molecular complexity index is 198. The Morgan fingerprint density at radius 1 is 1.18 bits per heavy atom. The largest absolute Gasteiger partial charge is 1.00 e. The average molecular weight is 441 g/mol. The molecule has 1 aliphatic carbocycles. The van der Waals surface area contributed by atoms with Crippen LogP contribution < -0.4 is 24.0 Å². The van der Waals surface area contributed by atoms with Crippen molar-refractivity contribution in [3.63, 3.8) is 0 Å². The first kappa shape index (κ1) is 13.9. The molecule has 1 aliphatic rings. The number of hydrogen-bond donors (Lipinski definition) is 0. The number of halogens is 1. The smallest absolute Gasteiger partial charge is 0.132 e. The first-order valence-electron chi connectivity index (χ1n) is 2.78. The molecule has 0 unspecified atom stereocenters. The summed E-state index contributed by atoms with van der Waals surface area (Å²) in [7, 11) is 0. The number of hydrogen-bond acceptors (Lipinski definition) is 1. The Morgan fingerprint density at radius 2 is 1.64 bits per heavy atom. The van der Waals surface area contributed by atoms with Gasteiger partial charge in [-0.05, 0) is 12.2 Å². The summed E-state index contributed by atoms with van der Waals surface area (Å²) in [6.07, 6.45) is 7.28. The Morgan fingerprint density at radius 3 is 2.00 bits per heavy atom. The molecule has 0 aliphatic heterocycles. The van der Waals surface area contributed by atoms with E-state index in [-0.39, 0.29) is 45.0 Å². The zero-order valence-corrected chi connectivity index (χ0v) is 10.3. The monoisotopic (exact) mass is 441 g/mol. The molecule has 63 valence electrons. The molecule has 0 aromatic rings. The molecular formula is C8H7IOPt-. The Kier molecular flexibility index (Phi) is 8.88. The summed E-state index contributed by atoms with van der Waals surface area (Å²) in [6.45, 7) is 1.98. The zero-order valence-electron chi connectivity index (χ0n) is 5.91. The van der Waals surface area contributed by atoms with E-state index in [4.69, 9.17) is 0 Å². The summed E-state index contributed by atoms with van der Waals surface area (Å²) < 4.78 is 0. The van der Waals surface area contributed by atoms with Gasteiger partial charge >= 0.3 is 0 Å². The number of rotatable bonds is 0. The minimum atomic E-state index is 0. The molecule has 0 spiro atoms. The van der Waals surface area contributed by atoms with Gasteiger partial charge in [0.05, 0.1) is 5.57 Å². The van der Waals surface area contributed by atoms with Crippen LogP contribution in [-0.2, 0) is 25.9 Å². The van der Waals surface area contributed by atoms with Crippen molar-refractivity contribution in [1.82, 2.24) is 0 Å². The fourth-order valence-electron chi connectivity index (χ4n) is 0.622. The molecule has 0 aromatic carbocycles. The molecule has 0 amide bonds. The van der Waals surface area contributed by atoms with Gasteiger partial charge in [0.25, 0.3) is 0 Å². The van der Waals surface area contributed by atoms with Gasteiger partial charge in [0.2, 0.25) is 0 Å². The van der Waals surface area contributed by atoms with Crippen molar-refractivity contribution in [3.05, 3.63) is 35.8 Å². The minimum Gasteiger partial charge on any atom is -1.00 e. The molecule has 0 fully saturated rings. The molecule has 0 saturated heterocycles. The van der Waals surface area contributed by atoms with Gasteiger partial charge < -0.3 is 24.0 Å². The Balaban J connectivity index is 0. The van der Waals surface area contributed by atoms with Crippen LogP contribution in [-0.4, -0.2) is 5.94 Å². The molecule has 3 heteroatoms. The molecule has 1 radical (unpaired) electrons. The van der Waals surface area contributed by atoms with Crippen molar-refractivity contribution in [2.45, 2.75) is 6.92 Å². The van der Waals surface area contributed by atoms with Crippen LogP contribution in [0, 0.1) is 5.92 Å². The molecule has 0 atom stereocenters. The normalized spacial score (nSPS) is 14.8. The summed E-state index contributed by atoms with van der Waals surface area (Å²) in [5.41, 5.74) is 0.612. The summed E-state index contributed by atoms with van der Waals surface area (Å²) >= 11 is 0. The molecule has 11 heavy (non-hydrogen) atoms. The van der Waals surface area contributed by atoms with Gasteiger partial charge in [0.15, 0.2) is 0 Å². The third-order valence-corrected chi connectivity index (χ3v) is 1.17. The fraction of sp³-hybridized carbons (Fsp3) is 0.125. The van der Waals surface area contributed by atoms with Crippen LogP contribution in [0.25, 0.3) is 0 Å². The van der Waals surface area contributed by atoms with E-state index in [2.05, 4.69) is 0 Å². The van der Waals surface area contributed by atoms with Gasteiger partial charge in [-0.15, -0.1) is 0 Å². The molecule has 0 heterocycles. The van der Waals surface area contributed by atoms with Crippen LogP contribution >= 0.6 is 0 Å². The van der Waals surface area contributed by atoms with Crippen molar-refractivity contribution < 1.29 is 49.8 Å². The molecule has 0 N–H and O–H groups in total. The van der Waals surface area contributed by atoms with Crippen LogP contribution in [0.2, 0.25) is 0 Å². The van der Waals surface area contributed by atoms with Crippen LogP contribution in [0.3, 0.4) is 0 Å². The average Bonchev–Trinajstić information content (AvgIpc) is 1.90. The molecule has 1 nitrogen and oxygen atoms in total. The van der Waals surface area contributed by atoms with Crippen molar-refractivity contribution in [1.29, 1.82) is 0 Å². The predicted octanol–water partition coefficient (Wildman–Crippen LogP) is -1.53. The van der Waals surface area contributed by atoms with E-state index in [0.29, 0.717) is 5.57 Å². The second-order valence-electron chi connectivity index (χ2n) is 1.97. The van der Waals surface area contributed by atoms with Gasteiger partial charge in [0.1, 0.15) is 5.94 Å². The summed E-state index contributed by atoms with van der Waals surface area (Å²) in [5.74, 6) is 2.97. The molecule has 0 aromatic heterocycles. The Hall–Kier alpha value is 0.348. The van der Waals surface area contributed by atoms with Crippen molar-refractivity contribution in [2.24, 2.45) is 0 Å². The second kappa shape index (κ2) is 7.02. The predicted molar refractivity (Wildman–Crippen MR) is 36.4 cm³/mol. The third-order valence-electron chi connectivity index (χ3n) is 1.17. The number of carbonyl (C=O) groups excluding carboxylic acids is 1. The maximum Gasteiger partial charge on any atom is 0.132 e. The van der Waals surface area contributed by atoms with E-state index < -0.39 is 0 Å². The van der Waals surface area contributed by atoms with E-state index in [0.717, 1.165) is 5.92 Å². The maximum atomic E-state index is 9.99. The zero-order chi connectivity index (χ0) is 6.69. The SMILES string of the molecule is C[C]1C=CC(=C=O)C=C1.[I-].[Pt]. The standard InChI is InChI=1S/C8H7O.HI.Pt/c1-7-2-4-8(6-9)5-3-7;;/h2-5H,1H3;1H;/p-1. The van der Waals surface area contributed by atoms with Crippen molar-refractivity contribution in [2.75, 3.05) is 0 Å². The van der Waals surface area contributed by atoms with Gasteiger partial charge in [-0.3, -0.25) is 0 Å². The molecule has 1 rings (SSSR count).